The van der Waals surface area contributed by atoms with Gasteiger partial charge in [-0.1, -0.05) is 50.2 Å². The van der Waals surface area contributed by atoms with Gasteiger partial charge in [0.05, 0.1) is 0 Å². The summed E-state index contributed by atoms with van der Waals surface area (Å²) >= 11 is 0. The lowest BCUT2D eigenvalue weighted by Crippen LogP contribution is -2.03. The van der Waals surface area contributed by atoms with E-state index in [1.54, 1.807) is 5.47 Å². The lowest BCUT2D eigenvalue weighted by molar-refractivity contribution is 0.898. The van der Waals surface area contributed by atoms with Crippen molar-refractivity contribution < 1.29 is 0 Å². The summed E-state index contributed by atoms with van der Waals surface area (Å²) in [6.45, 7) is 7.31. The summed E-state index contributed by atoms with van der Waals surface area (Å²) < 4.78 is 0. The molecule has 0 bridgehead atoms. The maximum Gasteiger partial charge on any atom is 0.169 e. The summed E-state index contributed by atoms with van der Waals surface area (Å²) in [6, 6.07) is 0. The van der Waals surface area contributed by atoms with Gasteiger partial charge in [0.25, 0.3) is 0 Å². The molecule has 2 rings (SSSR count). The molecule has 2 aliphatic rings. The molecule has 68 valence electrons. The maximum atomic E-state index is 4.17. The van der Waals surface area contributed by atoms with E-state index in [1.807, 2.05) is 0 Å². The molecule has 0 aromatic rings. The Morgan fingerprint density at radius 3 is 2.69 bits per heavy atom. The normalized spacial score (nSPS) is 21.3. The van der Waals surface area contributed by atoms with Crippen LogP contribution in [0.4, 0.5) is 0 Å². The Bertz CT molecular complexity index is 279. The van der Waals surface area contributed by atoms with Crippen LogP contribution < -0.4 is 0 Å². The highest BCUT2D eigenvalue weighted by Gasteiger charge is 2.31. The number of hydrogen-bond donors (Lipinski definition) is 0. The van der Waals surface area contributed by atoms with Gasteiger partial charge in [-0.3, -0.25) is 0 Å². The van der Waals surface area contributed by atoms with Crippen LogP contribution in [-0.4, -0.2) is 6.71 Å². The lowest BCUT2D eigenvalue weighted by Gasteiger charge is -2.16. The Hall–Kier alpha value is -0.715. The SMILES string of the molecule is C=C1CC(B2CC2)=CC=C1CCC. The zero-order chi connectivity index (χ0) is 9.26. The predicted octanol–water partition coefficient (Wildman–Crippen LogP) is 3.65. The maximum absolute atomic E-state index is 4.17. The van der Waals surface area contributed by atoms with E-state index in [9.17, 15) is 0 Å². The predicted molar refractivity (Wildman–Crippen MR) is 60.2 cm³/mol. The fraction of sp³-hybridized carbons (Fsp3) is 0.500. The minimum absolute atomic E-state index is 0.913. The fourth-order valence-electron chi connectivity index (χ4n) is 2.01. The van der Waals surface area contributed by atoms with Crippen molar-refractivity contribution in [2.45, 2.75) is 38.8 Å². The smallest absolute Gasteiger partial charge is 0.0969 e. The molecule has 1 heterocycles. The lowest BCUT2D eigenvalue weighted by atomic mass is 9.59. The van der Waals surface area contributed by atoms with Crippen molar-refractivity contribution in [1.82, 2.24) is 0 Å². The average molecular weight is 172 g/mol. The molecule has 0 amide bonds. The van der Waals surface area contributed by atoms with Gasteiger partial charge < -0.3 is 0 Å². The average Bonchev–Trinajstić information content (AvgIpc) is 2.91. The summed E-state index contributed by atoms with van der Waals surface area (Å²) in [5.41, 5.74) is 4.48. The monoisotopic (exact) mass is 172 g/mol. The first-order valence-electron chi connectivity index (χ1n) is 5.39. The Morgan fingerprint density at radius 1 is 1.38 bits per heavy atom. The molecule has 0 atom stereocenters. The van der Waals surface area contributed by atoms with Crippen LogP contribution in [0.3, 0.4) is 0 Å². The summed E-state index contributed by atoms with van der Waals surface area (Å²) in [6.07, 6.45) is 11.0. The molecule has 0 unspecified atom stereocenters. The first-order valence-corrected chi connectivity index (χ1v) is 5.39. The van der Waals surface area contributed by atoms with Gasteiger partial charge in [-0.25, -0.2) is 0 Å². The Morgan fingerprint density at radius 2 is 2.15 bits per heavy atom. The molecule has 0 spiro atoms. The molecule has 1 fully saturated rings. The van der Waals surface area contributed by atoms with Crippen molar-refractivity contribution in [2.24, 2.45) is 0 Å². The van der Waals surface area contributed by atoms with E-state index in [4.69, 9.17) is 0 Å². The second kappa shape index (κ2) is 3.57. The molecule has 0 aromatic heterocycles. The van der Waals surface area contributed by atoms with Crippen molar-refractivity contribution in [3.8, 4) is 0 Å². The summed E-state index contributed by atoms with van der Waals surface area (Å²) in [7, 11) is 0. The number of allylic oxidation sites excluding steroid dienone is 5. The molecular weight excluding hydrogens is 155 g/mol. The van der Waals surface area contributed by atoms with E-state index in [1.165, 1.54) is 36.6 Å². The van der Waals surface area contributed by atoms with Crippen LogP contribution in [0.5, 0.6) is 0 Å². The van der Waals surface area contributed by atoms with Crippen molar-refractivity contribution >= 4 is 6.71 Å². The van der Waals surface area contributed by atoms with Crippen LogP contribution in [0.15, 0.2) is 35.3 Å². The molecule has 1 saturated heterocycles. The van der Waals surface area contributed by atoms with E-state index >= 15 is 0 Å². The van der Waals surface area contributed by atoms with Crippen LogP contribution in [0, 0.1) is 0 Å². The fourth-order valence-corrected chi connectivity index (χ4v) is 2.01. The standard InChI is InChI=1S/C12H17B/c1-3-4-11-5-6-12(9-10(11)2)13-7-8-13/h5-6H,2-4,7-9H2,1H3. The van der Waals surface area contributed by atoms with Crippen LogP contribution in [-0.2, 0) is 0 Å². The van der Waals surface area contributed by atoms with Gasteiger partial charge in [0.15, 0.2) is 6.71 Å². The van der Waals surface area contributed by atoms with Gasteiger partial charge in [0.2, 0.25) is 0 Å². The minimum Gasteiger partial charge on any atom is -0.0969 e. The van der Waals surface area contributed by atoms with E-state index in [-0.39, 0.29) is 0 Å². The summed E-state index contributed by atoms with van der Waals surface area (Å²) in [4.78, 5) is 0. The molecule has 0 N–H and O–H groups in total. The molecule has 0 radical (unpaired) electrons. The zero-order valence-electron chi connectivity index (χ0n) is 8.47. The molecule has 0 aromatic carbocycles. The minimum atomic E-state index is 0.913. The van der Waals surface area contributed by atoms with Crippen molar-refractivity contribution in [3.63, 3.8) is 0 Å². The van der Waals surface area contributed by atoms with E-state index in [0.717, 1.165) is 13.1 Å². The van der Waals surface area contributed by atoms with E-state index in [2.05, 4.69) is 25.7 Å². The Balaban J connectivity index is 2.08. The highest BCUT2D eigenvalue weighted by molar-refractivity contribution is 6.76. The van der Waals surface area contributed by atoms with Gasteiger partial charge in [-0.15, -0.1) is 0 Å². The third-order valence-electron chi connectivity index (χ3n) is 2.99. The molecule has 1 aliphatic heterocycles. The second-order valence-electron chi connectivity index (χ2n) is 4.24. The summed E-state index contributed by atoms with van der Waals surface area (Å²) in [5.74, 6) is 0. The van der Waals surface area contributed by atoms with Crippen molar-refractivity contribution in [1.29, 1.82) is 0 Å². The molecule has 1 aliphatic carbocycles. The zero-order valence-corrected chi connectivity index (χ0v) is 8.47. The molecule has 0 nitrogen and oxygen atoms in total. The third kappa shape index (κ3) is 1.96. The van der Waals surface area contributed by atoms with Crippen LogP contribution in [0.1, 0.15) is 26.2 Å². The van der Waals surface area contributed by atoms with E-state index in [0.29, 0.717) is 0 Å². The largest absolute Gasteiger partial charge is 0.169 e. The quantitative estimate of drug-likeness (QED) is 0.570. The molecule has 0 saturated carbocycles. The number of rotatable bonds is 3. The van der Waals surface area contributed by atoms with Crippen LogP contribution in [0.25, 0.3) is 0 Å². The Kier molecular flexibility index (Phi) is 2.43. The molecular formula is C12H17B. The third-order valence-corrected chi connectivity index (χ3v) is 2.99. The summed E-state index contributed by atoms with van der Waals surface area (Å²) in [5, 5.41) is 0. The van der Waals surface area contributed by atoms with Gasteiger partial charge in [-0.2, -0.15) is 0 Å². The molecule has 1 heteroatoms. The number of hydrogen-bond acceptors (Lipinski definition) is 0. The van der Waals surface area contributed by atoms with E-state index < -0.39 is 0 Å². The first kappa shape index (κ1) is 8.86. The van der Waals surface area contributed by atoms with Crippen molar-refractivity contribution in [3.05, 3.63) is 35.3 Å². The topological polar surface area (TPSA) is 0 Å². The van der Waals surface area contributed by atoms with Crippen LogP contribution >= 0.6 is 0 Å². The van der Waals surface area contributed by atoms with Crippen LogP contribution in [0.2, 0.25) is 12.6 Å². The van der Waals surface area contributed by atoms with Gasteiger partial charge in [0, 0.05) is 0 Å². The Labute approximate surface area is 81.5 Å². The molecule has 13 heavy (non-hydrogen) atoms. The van der Waals surface area contributed by atoms with Gasteiger partial charge in [0.1, 0.15) is 0 Å². The highest BCUT2D eigenvalue weighted by atomic mass is 14.1. The van der Waals surface area contributed by atoms with Crippen molar-refractivity contribution in [2.75, 3.05) is 0 Å². The van der Waals surface area contributed by atoms with Gasteiger partial charge >= 0.3 is 0 Å². The highest BCUT2D eigenvalue weighted by Crippen LogP contribution is 2.36. The second-order valence-corrected chi connectivity index (χ2v) is 4.24. The van der Waals surface area contributed by atoms with Gasteiger partial charge in [-0.05, 0) is 24.0 Å². The first-order chi connectivity index (χ1) is 6.31.